The lowest BCUT2D eigenvalue weighted by Crippen LogP contribution is -2.33. The molecule has 5 aromatic carbocycles. The van der Waals surface area contributed by atoms with Crippen LogP contribution in [0.4, 0.5) is 11.4 Å². The maximum atomic E-state index is 3.74. The van der Waals surface area contributed by atoms with Crippen LogP contribution in [-0.4, -0.2) is 0 Å². The summed E-state index contributed by atoms with van der Waals surface area (Å²) in [4.78, 5) is 0. The molecule has 0 saturated carbocycles. The molecule has 3 aliphatic rings. The van der Waals surface area contributed by atoms with Crippen LogP contribution in [0.5, 0.6) is 0 Å². The highest BCUT2D eigenvalue weighted by molar-refractivity contribution is 5.98. The van der Waals surface area contributed by atoms with E-state index in [1.807, 2.05) is 0 Å². The van der Waals surface area contributed by atoms with Crippen LogP contribution in [0.3, 0.4) is 0 Å². The van der Waals surface area contributed by atoms with E-state index in [4.69, 9.17) is 0 Å². The van der Waals surface area contributed by atoms with Crippen molar-refractivity contribution >= 4 is 11.4 Å². The Morgan fingerprint density at radius 2 is 1.00 bits per heavy atom. The summed E-state index contributed by atoms with van der Waals surface area (Å²) in [6.07, 6.45) is 0. The van der Waals surface area contributed by atoms with E-state index in [1.165, 1.54) is 67.0 Å². The zero-order valence-electron chi connectivity index (χ0n) is 19.9. The van der Waals surface area contributed by atoms with Crippen LogP contribution >= 0.6 is 0 Å². The molecule has 0 fully saturated rings. The standard InChI is InChI=1S/C34H25N/c1-33(2)24-13-5-3-11-21(24)22-19-20-28-31(32(22)33)23-12-4-6-14-25(23)34(28)26-15-7-9-17-29(26)35-30-18-10-8-16-27(30)34/h3-20,35H,1-2H3. The van der Waals surface area contributed by atoms with Gasteiger partial charge in [-0.3, -0.25) is 0 Å². The van der Waals surface area contributed by atoms with E-state index in [1.54, 1.807) is 0 Å². The minimum absolute atomic E-state index is 0.0676. The molecule has 0 saturated heterocycles. The lowest BCUT2D eigenvalue weighted by atomic mass is 9.65. The predicted octanol–water partition coefficient (Wildman–Crippen LogP) is 8.41. The summed E-state index contributed by atoms with van der Waals surface area (Å²) in [5.41, 5.74) is 15.9. The van der Waals surface area contributed by atoms with Crippen molar-refractivity contribution in [1.29, 1.82) is 0 Å². The van der Waals surface area contributed by atoms with Gasteiger partial charge in [0, 0.05) is 16.8 Å². The molecule has 5 aromatic rings. The van der Waals surface area contributed by atoms with Crippen LogP contribution in [0.1, 0.15) is 47.2 Å². The number of nitrogens with one attached hydrogen (secondary N) is 1. The molecule has 0 atom stereocenters. The van der Waals surface area contributed by atoms with Gasteiger partial charge >= 0.3 is 0 Å². The van der Waals surface area contributed by atoms with Crippen LogP contribution in [0.25, 0.3) is 22.3 Å². The molecule has 1 heteroatoms. The Morgan fingerprint density at radius 1 is 0.457 bits per heavy atom. The van der Waals surface area contributed by atoms with E-state index in [9.17, 15) is 0 Å². The molecule has 1 aliphatic heterocycles. The highest BCUT2D eigenvalue weighted by Crippen LogP contribution is 2.64. The molecule has 1 spiro atoms. The summed E-state index contributed by atoms with van der Waals surface area (Å²) in [6.45, 7) is 4.80. The first-order valence-corrected chi connectivity index (χ1v) is 12.5. The minimum atomic E-state index is -0.343. The third-order valence-electron chi connectivity index (χ3n) is 8.66. The van der Waals surface area contributed by atoms with E-state index in [0.717, 1.165) is 0 Å². The minimum Gasteiger partial charge on any atom is -0.355 e. The fraction of sp³-hybridized carbons (Fsp3) is 0.118. The number of hydrogen-bond donors (Lipinski definition) is 1. The molecule has 0 unspecified atom stereocenters. The quantitative estimate of drug-likeness (QED) is 0.246. The summed E-state index contributed by atoms with van der Waals surface area (Å²) >= 11 is 0. The number of benzene rings is 5. The second-order valence-corrected chi connectivity index (χ2v) is 10.6. The van der Waals surface area contributed by atoms with Gasteiger partial charge < -0.3 is 5.32 Å². The molecule has 0 bridgehead atoms. The average Bonchev–Trinajstić information content (AvgIpc) is 3.32. The maximum Gasteiger partial charge on any atom is 0.0753 e. The van der Waals surface area contributed by atoms with Crippen LogP contribution in [-0.2, 0) is 10.8 Å². The number of anilines is 2. The third kappa shape index (κ3) is 2.12. The summed E-state index contributed by atoms with van der Waals surface area (Å²) in [6, 6.07) is 40.6. The summed E-state index contributed by atoms with van der Waals surface area (Å²) in [5, 5.41) is 3.74. The fourth-order valence-electron chi connectivity index (χ4n) is 7.35. The second-order valence-electron chi connectivity index (χ2n) is 10.6. The van der Waals surface area contributed by atoms with E-state index in [-0.39, 0.29) is 10.8 Å². The van der Waals surface area contributed by atoms with E-state index in [0.29, 0.717) is 0 Å². The van der Waals surface area contributed by atoms with Gasteiger partial charge in [0.15, 0.2) is 0 Å². The van der Waals surface area contributed by atoms with Crippen molar-refractivity contribution in [3.05, 3.63) is 143 Å². The molecule has 0 amide bonds. The summed E-state index contributed by atoms with van der Waals surface area (Å²) in [5.74, 6) is 0. The molecular formula is C34H25N. The molecule has 1 N–H and O–H groups in total. The highest BCUT2D eigenvalue weighted by atomic mass is 14.9. The Hall–Kier alpha value is -4.10. The molecule has 35 heavy (non-hydrogen) atoms. The van der Waals surface area contributed by atoms with Gasteiger partial charge in [-0.2, -0.15) is 0 Å². The van der Waals surface area contributed by atoms with Crippen LogP contribution < -0.4 is 5.32 Å². The molecule has 1 heterocycles. The van der Waals surface area contributed by atoms with Crippen molar-refractivity contribution < 1.29 is 0 Å². The Bertz CT molecular complexity index is 1660. The van der Waals surface area contributed by atoms with Crippen molar-refractivity contribution in [3.63, 3.8) is 0 Å². The first-order chi connectivity index (χ1) is 17.1. The lowest BCUT2D eigenvalue weighted by molar-refractivity contribution is 0.660. The van der Waals surface area contributed by atoms with Crippen molar-refractivity contribution in [2.24, 2.45) is 0 Å². The van der Waals surface area contributed by atoms with Gasteiger partial charge in [0.25, 0.3) is 0 Å². The van der Waals surface area contributed by atoms with Gasteiger partial charge in [-0.1, -0.05) is 111 Å². The maximum absolute atomic E-state index is 3.74. The zero-order chi connectivity index (χ0) is 23.4. The van der Waals surface area contributed by atoms with Crippen molar-refractivity contribution in [3.8, 4) is 22.3 Å². The topological polar surface area (TPSA) is 12.0 Å². The van der Waals surface area contributed by atoms with Crippen LogP contribution in [0.15, 0.2) is 109 Å². The summed E-state index contributed by atoms with van der Waals surface area (Å²) in [7, 11) is 0. The smallest absolute Gasteiger partial charge is 0.0753 e. The number of hydrogen-bond acceptors (Lipinski definition) is 1. The Morgan fingerprint density at radius 3 is 1.69 bits per heavy atom. The van der Waals surface area contributed by atoms with Crippen molar-refractivity contribution in [2.75, 3.05) is 5.32 Å². The molecule has 2 aliphatic carbocycles. The van der Waals surface area contributed by atoms with E-state index >= 15 is 0 Å². The molecule has 8 rings (SSSR count). The molecule has 166 valence electrons. The van der Waals surface area contributed by atoms with Gasteiger partial charge in [-0.25, -0.2) is 0 Å². The second kappa shape index (κ2) is 6.31. The van der Waals surface area contributed by atoms with Crippen LogP contribution in [0, 0.1) is 0 Å². The van der Waals surface area contributed by atoms with E-state index < -0.39 is 0 Å². The Balaban J connectivity index is 1.58. The van der Waals surface area contributed by atoms with Crippen LogP contribution in [0.2, 0.25) is 0 Å². The number of rotatable bonds is 0. The molecular weight excluding hydrogens is 422 g/mol. The average molecular weight is 448 g/mol. The van der Waals surface area contributed by atoms with Gasteiger partial charge in [0.1, 0.15) is 0 Å². The number of fused-ring (bicyclic) bond motifs is 13. The summed E-state index contributed by atoms with van der Waals surface area (Å²) < 4.78 is 0. The highest BCUT2D eigenvalue weighted by Gasteiger charge is 2.52. The lowest BCUT2D eigenvalue weighted by Gasteiger charge is -2.40. The third-order valence-corrected chi connectivity index (χ3v) is 8.66. The van der Waals surface area contributed by atoms with Gasteiger partial charge in [-0.15, -0.1) is 0 Å². The fourth-order valence-corrected chi connectivity index (χ4v) is 7.35. The largest absolute Gasteiger partial charge is 0.355 e. The molecule has 1 nitrogen and oxygen atoms in total. The predicted molar refractivity (Wildman–Crippen MR) is 145 cm³/mol. The van der Waals surface area contributed by atoms with E-state index in [2.05, 4.69) is 128 Å². The first-order valence-electron chi connectivity index (χ1n) is 12.5. The van der Waals surface area contributed by atoms with Crippen molar-refractivity contribution in [2.45, 2.75) is 24.7 Å². The SMILES string of the molecule is CC1(C)c2ccccc2-c2ccc3c(c21)-c1ccccc1C31c2ccccc2Nc2ccccc21. The molecule has 0 aromatic heterocycles. The zero-order valence-corrected chi connectivity index (χ0v) is 19.9. The first kappa shape index (κ1) is 19.2. The Kier molecular flexibility index (Phi) is 3.47. The monoisotopic (exact) mass is 447 g/mol. The van der Waals surface area contributed by atoms with Crippen molar-refractivity contribution in [1.82, 2.24) is 0 Å². The van der Waals surface area contributed by atoms with Gasteiger partial charge in [0.2, 0.25) is 0 Å². The normalized spacial score (nSPS) is 16.4. The van der Waals surface area contributed by atoms with Gasteiger partial charge in [0.05, 0.1) is 5.41 Å². The Labute approximate surface area is 206 Å². The molecule has 0 radical (unpaired) electrons. The van der Waals surface area contributed by atoms with Gasteiger partial charge in [-0.05, 0) is 67.8 Å². The number of para-hydroxylation sites is 2.